The molecule has 4 heteroatoms. The molecule has 0 aliphatic carbocycles. The molecule has 1 aromatic rings. The lowest BCUT2D eigenvalue weighted by atomic mass is 10.3. The molecular formula is C7H6BrNOS. The van der Waals surface area contributed by atoms with Crippen molar-refractivity contribution in [3.05, 3.63) is 20.8 Å². The Balaban J connectivity index is 2.84. The maximum absolute atomic E-state index is 9.90. The van der Waals surface area contributed by atoms with Crippen LogP contribution in [0.25, 0.3) is 0 Å². The van der Waals surface area contributed by atoms with Gasteiger partial charge in [0, 0.05) is 14.7 Å². The van der Waals surface area contributed by atoms with E-state index in [1.807, 2.05) is 18.4 Å². The molecule has 1 heterocycles. The molecule has 0 saturated heterocycles. The van der Waals surface area contributed by atoms with Gasteiger partial charge in [-0.3, -0.25) is 0 Å². The molecule has 0 N–H and O–H groups in total. The molecule has 1 unspecified atom stereocenters. The lowest BCUT2D eigenvalue weighted by molar-refractivity contribution is 0.560. The summed E-state index contributed by atoms with van der Waals surface area (Å²) in [6.07, 6.45) is 1.54. The standard InChI is InChI=1S/C7H6BrNOS/c1-5(9-4-10)7-2-6(8)3-11-7/h2-3,5H,1H3. The molecule has 0 aromatic carbocycles. The van der Waals surface area contributed by atoms with Crippen molar-refractivity contribution in [2.75, 3.05) is 0 Å². The molecule has 0 fully saturated rings. The van der Waals surface area contributed by atoms with Crippen molar-refractivity contribution in [3.8, 4) is 0 Å². The number of hydrogen-bond acceptors (Lipinski definition) is 3. The van der Waals surface area contributed by atoms with E-state index >= 15 is 0 Å². The molecule has 0 aliphatic rings. The first kappa shape index (κ1) is 8.65. The number of hydrogen-bond donors (Lipinski definition) is 0. The van der Waals surface area contributed by atoms with E-state index in [4.69, 9.17) is 0 Å². The largest absolute Gasteiger partial charge is 0.235 e. The minimum atomic E-state index is -0.0659. The Bertz CT molecular complexity index is 290. The molecule has 1 atom stereocenters. The maximum atomic E-state index is 9.90. The zero-order chi connectivity index (χ0) is 8.27. The third-order valence-electron chi connectivity index (χ3n) is 1.25. The SMILES string of the molecule is CC(N=C=O)c1cc(Br)cs1. The topological polar surface area (TPSA) is 29.4 Å². The summed E-state index contributed by atoms with van der Waals surface area (Å²) in [5, 5.41) is 1.96. The predicted octanol–water partition coefficient (Wildman–Crippen LogP) is 2.91. The molecule has 0 amide bonds. The molecule has 2 nitrogen and oxygen atoms in total. The molecule has 0 spiro atoms. The fourth-order valence-electron chi connectivity index (χ4n) is 0.690. The zero-order valence-corrected chi connectivity index (χ0v) is 8.28. The number of thiophene rings is 1. The third kappa shape index (κ3) is 2.26. The number of nitrogens with zero attached hydrogens (tertiary/aromatic N) is 1. The van der Waals surface area contributed by atoms with Crippen LogP contribution in [-0.2, 0) is 4.79 Å². The molecule has 0 aliphatic heterocycles. The smallest absolute Gasteiger partial charge is 0.211 e. The minimum Gasteiger partial charge on any atom is -0.211 e. The highest BCUT2D eigenvalue weighted by atomic mass is 79.9. The Labute approximate surface area is 77.1 Å². The van der Waals surface area contributed by atoms with Gasteiger partial charge >= 0.3 is 0 Å². The first-order valence-corrected chi connectivity index (χ1v) is 4.72. The molecule has 58 valence electrons. The summed E-state index contributed by atoms with van der Waals surface area (Å²) in [6.45, 7) is 1.86. The summed E-state index contributed by atoms with van der Waals surface area (Å²) in [5.41, 5.74) is 0. The number of rotatable bonds is 2. The van der Waals surface area contributed by atoms with E-state index in [-0.39, 0.29) is 6.04 Å². The molecule has 1 rings (SSSR count). The van der Waals surface area contributed by atoms with Crippen LogP contribution in [0.5, 0.6) is 0 Å². The third-order valence-corrected chi connectivity index (χ3v) is 3.11. The van der Waals surface area contributed by atoms with Crippen molar-refractivity contribution in [1.82, 2.24) is 0 Å². The van der Waals surface area contributed by atoms with Crippen LogP contribution in [0.3, 0.4) is 0 Å². The van der Waals surface area contributed by atoms with Crippen molar-refractivity contribution in [2.45, 2.75) is 13.0 Å². The second-order valence-corrected chi connectivity index (χ2v) is 3.92. The van der Waals surface area contributed by atoms with Crippen molar-refractivity contribution >= 4 is 33.3 Å². The van der Waals surface area contributed by atoms with Crippen LogP contribution >= 0.6 is 27.3 Å². The van der Waals surface area contributed by atoms with Gasteiger partial charge in [0.05, 0.1) is 6.04 Å². The van der Waals surface area contributed by atoms with Gasteiger partial charge in [0.1, 0.15) is 0 Å². The van der Waals surface area contributed by atoms with E-state index in [2.05, 4.69) is 20.9 Å². The summed E-state index contributed by atoms with van der Waals surface area (Å²) >= 11 is 4.90. The second-order valence-electron chi connectivity index (χ2n) is 2.06. The predicted molar refractivity (Wildman–Crippen MR) is 48.6 cm³/mol. The summed E-state index contributed by atoms with van der Waals surface area (Å²) < 4.78 is 1.03. The van der Waals surface area contributed by atoms with Gasteiger partial charge in [-0.25, -0.2) is 4.79 Å². The fourth-order valence-corrected chi connectivity index (χ4v) is 2.13. The summed E-state index contributed by atoms with van der Waals surface area (Å²) in [5.74, 6) is 0. The lowest BCUT2D eigenvalue weighted by Gasteiger charge is -1.96. The quantitative estimate of drug-likeness (QED) is 0.569. The minimum absolute atomic E-state index is 0.0659. The average molecular weight is 232 g/mol. The van der Waals surface area contributed by atoms with Crippen molar-refractivity contribution < 1.29 is 4.79 Å². The zero-order valence-electron chi connectivity index (χ0n) is 5.87. The van der Waals surface area contributed by atoms with Gasteiger partial charge < -0.3 is 0 Å². The first-order valence-electron chi connectivity index (χ1n) is 3.05. The van der Waals surface area contributed by atoms with Crippen LogP contribution in [0, 0.1) is 0 Å². The maximum Gasteiger partial charge on any atom is 0.235 e. The van der Waals surface area contributed by atoms with E-state index in [1.54, 1.807) is 17.4 Å². The van der Waals surface area contributed by atoms with Gasteiger partial charge in [0.15, 0.2) is 0 Å². The Kier molecular flexibility index (Phi) is 3.00. The Morgan fingerprint density at radius 3 is 3.00 bits per heavy atom. The highest BCUT2D eigenvalue weighted by Gasteiger charge is 2.04. The van der Waals surface area contributed by atoms with E-state index in [9.17, 15) is 4.79 Å². The molecule has 0 radical (unpaired) electrons. The van der Waals surface area contributed by atoms with Crippen molar-refractivity contribution in [3.63, 3.8) is 0 Å². The Morgan fingerprint density at radius 2 is 2.55 bits per heavy atom. The summed E-state index contributed by atoms with van der Waals surface area (Å²) in [6, 6.07) is 1.89. The Hall–Kier alpha value is -0.440. The van der Waals surface area contributed by atoms with E-state index < -0.39 is 0 Å². The highest BCUT2D eigenvalue weighted by Crippen LogP contribution is 2.26. The first-order chi connectivity index (χ1) is 5.24. The van der Waals surface area contributed by atoms with Crippen LogP contribution in [0.15, 0.2) is 20.9 Å². The molecular weight excluding hydrogens is 226 g/mol. The number of aliphatic imine (C=N–C) groups is 1. The monoisotopic (exact) mass is 231 g/mol. The molecule has 0 bridgehead atoms. The van der Waals surface area contributed by atoms with Crippen molar-refractivity contribution in [2.24, 2.45) is 4.99 Å². The number of carbonyl (C=O) groups excluding carboxylic acids is 1. The summed E-state index contributed by atoms with van der Waals surface area (Å²) in [4.78, 5) is 14.6. The summed E-state index contributed by atoms with van der Waals surface area (Å²) in [7, 11) is 0. The molecule has 1 aromatic heterocycles. The van der Waals surface area contributed by atoms with E-state index in [0.717, 1.165) is 9.35 Å². The van der Waals surface area contributed by atoms with Crippen LogP contribution in [0.2, 0.25) is 0 Å². The number of halogens is 1. The van der Waals surface area contributed by atoms with Gasteiger partial charge in [-0.15, -0.1) is 11.3 Å². The normalized spacial score (nSPS) is 12.2. The average Bonchev–Trinajstić information content (AvgIpc) is 2.36. The number of isocyanates is 1. The van der Waals surface area contributed by atoms with Gasteiger partial charge in [-0.05, 0) is 28.9 Å². The van der Waals surface area contributed by atoms with E-state index in [1.165, 1.54) is 0 Å². The molecule has 0 saturated carbocycles. The Morgan fingerprint density at radius 1 is 1.82 bits per heavy atom. The van der Waals surface area contributed by atoms with Crippen LogP contribution in [-0.4, -0.2) is 6.08 Å². The van der Waals surface area contributed by atoms with Gasteiger partial charge in [-0.1, -0.05) is 0 Å². The van der Waals surface area contributed by atoms with Crippen LogP contribution in [0.4, 0.5) is 0 Å². The van der Waals surface area contributed by atoms with Gasteiger partial charge in [0.2, 0.25) is 6.08 Å². The van der Waals surface area contributed by atoms with Gasteiger partial charge in [0.25, 0.3) is 0 Å². The van der Waals surface area contributed by atoms with Crippen molar-refractivity contribution in [1.29, 1.82) is 0 Å². The van der Waals surface area contributed by atoms with E-state index in [0.29, 0.717) is 0 Å². The second kappa shape index (κ2) is 3.81. The lowest BCUT2D eigenvalue weighted by Crippen LogP contribution is -1.82. The van der Waals surface area contributed by atoms with Gasteiger partial charge in [-0.2, -0.15) is 4.99 Å². The fraction of sp³-hybridized carbons (Fsp3) is 0.286. The molecule has 11 heavy (non-hydrogen) atoms. The highest BCUT2D eigenvalue weighted by molar-refractivity contribution is 9.10. The van der Waals surface area contributed by atoms with Crippen LogP contribution < -0.4 is 0 Å². The van der Waals surface area contributed by atoms with Crippen LogP contribution in [0.1, 0.15) is 17.8 Å².